The Labute approximate surface area is 134 Å². The molecular weight excluding hydrogens is 270 g/mol. The topological polar surface area (TPSA) is 32.3 Å². The largest absolute Gasteiger partial charge is 0.387 e. The van der Waals surface area contributed by atoms with Crippen molar-refractivity contribution in [2.75, 3.05) is 6.54 Å². The second kappa shape index (κ2) is 7.57. The van der Waals surface area contributed by atoms with E-state index in [1.165, 1.54) is 5.56 Å². The Bertz CT molecular complexity index is 545. The quantitative estimate of drug-likeness (QED) is 0.845. The van der Waals surface area contributed by atoms with Crippen molar-refractivity contribution in [1.29, 1.82) is 0 Å². The van der Waals surface area contributed by atoms with Crippen LogP contribution in [0.25, 0.3) is 0 Å². The van der Waals surface area contributed by atoms with Crippen LogP contribution >= 0.6 is 0 Å². The molecule has 1 unspecified atom stereocenters. The van der Waals surface area contributed by atoms with Crippen molar-refractivity contribution >= 4 is 0 Å². The smallest absolute Gasteiger partial charge is 0.0914 e. The minimum absolute atomic E-state index is 0.131. The van der Waals surface area contributed by atoms with E-state index in [1.54, 1.807) is 0 Å². The van der Waals surface area contributed by atoms with Gasteiger partial charge in [0.05, 0.1) is 6.10 Å². The summed E-state index contributed by atoms with van der Waals surface area (Å²) in [4.78, 5) is 0. The van der Waals surface area contributed by atoms with Crippen molar-refractivity contribution in [1.82, 2.24) is 5.32 Å². The van der Waals surface area contributed by atoms with Gasteiger partial charge in [-0.3, -0.25) is 0 Å². The van der Waals surface area contributed by atoms with Gasteiger partial charge in [-0.15, -0.1) is 0 Å². The Morgan fingerprint density at radius 2 is 1.45 bits per heavy atom. The van der Waals surface area contributed by atoms with E-state index >= 15 is 0 Å². The average Bonchev–Trinajstić information content (AvgIpc) is 2.52. The van der Waals surface area contributed by atoms with Gasteiger partial charge in [-0.1, -0.05) is 81.4 Å². The van der Waals surface area contributed by atoms with Gasteiger partial charge in [0.2, 0.25) is 0 Å². The Morgan fingerprint density at radius 1 is 0.909 bits per heavy atom. The number of aliphatic hydroxyl groups is 1. The van der Waals surface area contributed by atoms with Gasteiger partial charge in [0.25, 0.3) is 0 Å². The number of rotatable bonds is 6. The summed E-state index contributed by atoms with van der Waals surface area (Å²) in [6.07, 6.45) is 0.494. The summed E-state index contributed by atoms with van der Waals surface area (Å²) in [5.74, 6) is 0. The molecule has 0 radical (unpaired) electrons. The molecule has 2 aromatic carbocycles. The van der Waals surface area contributed by atoms with E-state index in [2.05, 4.69) is 50.4 Å². The van der Waals surface area contributed by atoms with E-state index in [9.17, 15) is 5.11 Å². The van der Waals surface area contributed by atoms with Crippen molar-refractivity contribution in [2.24, 2.45) is 5.41 Å². The highest BCUT2D eigenvalue weighted by Gasteiger charge is 2.25. The maximum atomic E-state index is 10.3. The molecule has 0 saturated heterocycles. The highest BCUT2D eigenvalue weighted by atomic mass is 16.3. The summed E-state index contributed by atoms with van der Waals surface area (Å²) in [5.41, 5.74) is 2.41. The first-order valence-corrected chi connectivity index (χ1v) is 7.97. The third-order valence-corrected chi connectivity index (χ3v) is 4.07. The van der Waals surface area contributed by atoms with Crippen LogP contribution in [-0.4, -0.2) is 17.7 Å². The molecule has 2 N–H and O–H groups in total. The standard InChI is InChI=1S/C20H27NO/c1-20(2,3)19(14-16-10-6-4-7-11-16)21-15-18(22)17-12-8-5-9-13-17/h4-13,18-19,21-22H,14-15H2,1-3H3/t18-,19?/m0/s1. The molecular formula is C20H27NO. The lowest BCUT2D eigenvalue weighted by Crippen LogP contribution is -2.43. The SMILES string of the molecule is CC(C)(C)C(Cc1ccccc1)NC[C@H](O)c1ccccc1. The zero-order chi connectivity index (χ0) is 16.0. The predicted molar refractivity (Wildman–Crippen MR) is 92.8 cm³/mol. The summed E-state index contributed by atoms with van der Waals surface area (Å²) in [6, 6.07) is 20.7. The molecule has 2 aromatic rings. The van der Waals surface area contributed by atoms with Gasteiger partial charge in [-0.05, 0) is 23.0 Å². The van der Waals surface area contributed by atoms with Crippen molar-refractivity contribution in [2.45, 2.75) is 39.3 Å². The zero-order valence-corrected chi connectivity index (χ0v) is 13.8. The summed E-state index contributed by atoms with van der Waals surface area (Å²) < 4.78 is 0. The highest BCUT2D eigenvalue weighted by molar-refractivity contribution is 5.18. The van der Waals surface area contributed by atoms with Crippen molar-refractivity contribution in [3.8, 4) is 0 Å². The van der Waals surface area contributed by atoms with Crippen LogP contribution in [0, 0.1) is 5.41 Å². The van der Waals surface area contributed by atoms with Gasteiger partial charge in [0.1, 0.15) is 0 Å². The third-order valence-electron chi connectivity index (χ3n) is 4.07. The molecule has 0 aliphatic carbocycles. The number of hydrogen-bond acceptors (Lipinski definition) is 2. The summed E-state index contributed by atoms with van der Waals surface area (Å²) in [6.45, 7) is 7.28. The molecule has 0 fully saturated rings. The molecule has 2 nitrogen and oxygen atoms in total. The fraction of sp³-hybridized carbons (Fsp3) is 0.400. The lowest BCUT2D eigenvalue weighted by molar-refractivity contribution is 0.154. The van der Waals surface area contributed by atoms with Crippen LogP contribution < -0.4 is 5.32 Å². The van der Waals surface area contributed by atoms with Gasteiger partial charge in [0.15, 0.2) is 0 Å². The lowest BCUT2D eigenvalue weighted by atomic mass is 9.83. The second-order valence-electron chi connectivity index (χ2n) is 6.94. The van der Waals surface area contributed by atoms with Crippen LogP contribution in [0.1, 0.15) is 38.0 Å². The summed E-state index contributed by atoms with van der Waals surface area (Å²) in [7, 11) is 0. The molecule has 2 rings (SSSR count). The van der Waals surface area contributed by atoms with Gasteiger partial charge >= 0.3 is 0 Å². The van der Waals surface area contributed by atoms with E-state index in [0.29, 0.717) is 12.6 Å². The number of nitrogens with one attached hydrogen (secondary N) is 1. The molecule has 0 bridgehead atoms. The molecule has 2 heteroatoms. The van der Waals surface area contributed by atoms with E-state index in [-0.39, 0.29) is 5.41 Å². The predicted octanol–water partition coefficient (Wildman–Crippen LogP) is 3.97. The maximum absolute atomic E-state index is 10.3. The van der Waals surface area contributed by atoms with Crippen LogP contribution in [0.15, 0.2) is 60.7 Å². The van der Waals surface area contributed by atoms with Crippen LogP contribution in [0.2, 0.25) is 0 Å². The van der Waals surface area contributed by atoms with Crippen molar-refractivity contribution in [3.05, 3.63) is 71.8 Å². The molecule has 0 aliphatic heterocycles. The number of hydrogen-bond donors (Lipinski definition) is 2. The molecule has 2 atom stereocenters. The molecule has 0 heterocycles. The summed E-state index contributed by atoms with van der Waals surface area (Å²) >= 11 is 0. The fourth-order valence-electron chi connectivity index (χ4n) is 2.58. The van der Waals surface area contributed by atoms with E-state index in [4.69, 9.17) is 0 Å². The number of aliphatic hydroxyl groups excluding tert-OH is 1. The maximum Gasteiger partial charge on any atom is 0.0914 e. The molecule has 0 aliphatic rings. The first kappa shape index (κ1) is 16.7. The fourth-order valence-corrected chi connectivity index (χ4v) is 2.58. The van der Waals surface area contributed by atoms with Crippen LogP contribution in [-0.2, 0) is 6.42 Å². The van der Waals surface area contributed by atoms with Gasteiger partial charge in [0, 0.05) is 12.6 Å². The molecule has 0 saturated carbocycles. The normalized spacial score (nSPS) is 14.5. The molecule has 22 heavy (non-hydrogen) atoms. The Morgan fingerprint density at radius 3 is 2.00 bits per heavy atom. The van der Waals surface area contributed by atoms with Crippen LogP contribution in [0.5, 0.6) is 0 Å². The number of benzene rings is 2. The van der Waals surface area contributed by atoms with Gasteiger partial charge < -0.3 is 10.4 Å². The first-order chi connectivity index (χ1) is 10.5. The van der Waals surface area contributed by atoms with E-state index in [1.807, 2.05) is 36.4 Å². The average molecular weight is 297 g/mol. The highest BCUT2D eigenvalue weighted by Crippen LogP contribution is 2.23. The van der Waals surface area contributed by atoms with Gasteiger partial charge in [-0.2, -0.15) is 0 Å². The third kappa shape index (κ3) is 4.97. The molecule has 0 spiro atoms. The van der Waals surface area contributed by atoms with E-state index < -0.39 is 6.10 Å². The Balaban J connectivity index is 1.99. The zero-order valence-electron chi connectivity index (χ0n) is 13.8. The minimum Gasteiger partial charge on any atom is -0.387 e. The molecule has 0 amide bonds. The Kier molecular flexibility index (Phi) is 5.76. The van der Waals surface area contributed by atoms with Crippen molar-refractivity contribution < 1.29 is 5.11 Å². The molecule has 118 valence electrons. The summed E-state index contributed by atoms with van der Waals surface area (Å²) in [5, 5.41) is 13.9. The van der Waals surface area contributed by atoms with Crippen molar-refractivity contribution in [3.63, 3.8) is 0 Å². The lowest BCUT2D eigenvalue weighted by Gasteiger charge is -2.32. The van der Waals surface area contributed by atoms with E-state index in [0.717, 1.165) is 12.0 Å². The second-order valence-corrected chi connectivity index (χ2v) is 6.94. The Hall–Kier alpha value is -1.64. The minimum atomic E-state index is -0.471. The molecule has 0 aromatic heterocycles. The van der Waals surface area contributed by atoms with Crippen LogP contribution in [0.3, 0.4) is 0 Å². The van der Waals surface area contributed by atoms with Crippen LogP contribution in [0.4, 0.5) is 0 Å². The monoisotopic (exact) mass is 297 g/mol. The first-order valence-electron chi connectivity index (χ1n) is 7.97. The van der Waals surface area contributed by atoms with Gasteiger partial charge in [-0.25, -0.2) is 0 Å².